The number of pyridine rings is 1. The molecule has 1 saturated heterocycles. The Morgan fingerprint density at radius 3 is 2.58 bits per heavy atom. The number of halogens is 1. The molecule has 1 aromatic carbocycles. The molecule has 9 heteroatoms. The fourth-order valence-electron chi connectivity index (χ4n) is 3.56. The van der Waals surface area contributed by atoms with Gasteiger partial charge in [0.05, 0.1) is 13.0 Å². The van der Waals surface area contributed by atoms with Crippen molar-refractivity contribution in [2.75, 3.05) is 20.2 Å². The van der Waals surface area contributed by atoms with Gasteiger partial charge < -0.3 is 4.74 Å². The number of hydrogen-bond acceptors (Lipinski definition) is 7. The van der Waals surface area contributed by atoms with Crippen LogP contribution in [0.15, 0.2) is 30.3 Å². The molecule has 0 spiro atoms. The molecule has 4 rings (SSSR count). The Bertz CT molecular complexity index is 1170. The van der Waals surface area contributed by atoms with Crippen LogP contribution in [0.25, 0.3) is 10.3 Å². The van der Waals surface area contributed by atoms with Crippen LogP contribution in [0.4, 0.5) is 4.39 Å². The normalized spacial score (nSPS) is 15.1. The van der Waals surface area contributed by atoms with Gasteiger partial charge in [0.25, 0.3) is 0 Å². The van der Waals surface area contributed by atoms with Crippen molar-refractivity contribution in [1.29, 1.82) is 0 Å². The Hall–Kier alpha value is -1.91. The number of esters is 1. The van der Waals surface area contributed by atoms with Gasteiger partial charge in [-0.15, -0.1) is 0 Å². The minimum absolute atomic E-state index is 0.00840. The average molecular weight is 548 g/mol. The largest absolute Gasteiger partial charge is 0.0131 e. The summed E-state index contributed by atoms with van der Waals surface area (Å²) in [6.45, 7) is 1.70. The number of ether oxygens (including phenoxy) is 1. The van der Waals surface area contributed by atoms with Crippen LogP contribution in [-0.4, -0.2) is 65.2 Å². The quantitative estimate of drug-likeness (QED) is 0.268. The van der Waals surface area contributed by atoms with E-state index in [-0.39, 0.29) is 22.5 Å². The number of aromatic nitrogens is 2. The Balaban J connectivity index is 1.49. The van der Waals surface area contributed by atoms with Gasteiger partial charge in [-0.25, -0.2) is 0 Å². The minimum Gasteiger partial charge on any atom is 0.0131 e. The van der Waals surface area contributed by atoms with Gasteiger partial charge in [0, 0.05) is 13.1 Å². The van der Waals surface area contributed by atoms with E-state index in [2.05, 4.69) is 19.8 Å². The molecule has 2 aromatic heterocycles. The third kappa shape index (κ3) is 4.65. The topological polar surface area (TPSA) is 72.4 Å². The van der Waals surface area contributed by atoms with Gasteiger partial charge in [0.15, 0.2) is 0 Å². The zero-order valence-corrected chi connectivity index (χ0v) is 21.6. The van der Waals surface area contributed by atoms with Crippen molar-refractivity contribution in [2.24, 2.45) is 5.92 Å². The first-order valence-corrected chi connectivity index (χ1v) is 20.9. The van der Waals surface area contributed by atoms with Crippen LogP contribution in [-0.2, 0) is 16.1 Å². The van der Waals surface area contributed by atoms with Crippen molar-refractivity contribution in [3.05, 3.63) is 52.3 Å². The van der Waals surface area contributed by atoms with Crippen LogP contribution < -0.4 is 3.71 Å². The van der Waals surface area contributed by atoms with E-state index < -0.39 is 30.0 Å². The maximum absolute atomic E-state index is 14.8. The predicted octanol–water partition coefficient (Wildman–Crippen LogP) is 3.21. The summed E-state index contributed by atoms with van der Waals surface area (Å²) < 4.78 is 20.6. The van der Waals surface area contributed by atoms with E-state index in [0.717, 1.165) is 14.1 Å². The number of fused-ring (bicyclic) bond motifs is 1. The summed E-state index contributed by atoms with van der Waals surface area (Å²) in [5.74, 6) is -1.33. The van der Waals surface area contributed by atoms with Crippen LogP contribution in [0.2, 0.25) is 14.8 Å². The van der Waals surface area contributed by atoms with Crippen molar-refractivity contribution in [3.63, 3.8) is 0 Å². The summed E-state index contributed by atoms with van der Waals surface area (Å²) in [4.78, 5) is 43.1. The van der Waals surface area contributed by atoms with E-state index >= 15 is 0 Å². The van der Waals surface area contributed by atoms with Gasteiger partial charge in [-0.3, -0.25) is 4.79 Å². The smallest absolute Gasteiger partial charge is 0.0131 e. The van der Waals surface area contributed by atoms with E-state index in [1.165, 1.54) is 30.6 Å². The molecule has 0 radical (unpaired) electrons. The second-order valence-electron chi connectivity index (χ2n) is 8.85. The summed E-state index contributed by atoms with van der Waals surface area (Å²) in [5.41, 5.74) is 1.43. The second-order valence-corrected chi connectivity index (χ2v) is 24.1. The number of carbonyl (C=O) groups excluding carboxylic acids is 2. The molecule has 0 saturated carbocycles. The fraction of sp³-hybridized carbons (Fsp3) is 0.364. The molecule has 0 bridgehead atoms. The monoisotopic (exact) mass is 549 g/mol. The van der Waals surface area contributed by atoms with Gasteiger partial charge in [-0.2, -0.15) is 0 Å². The van der Waals surface area contributed by atoms with E-state index in [4.69, 9.17) is 9.72 Å². The van der Waals surface area contributed by atoms with Gasteiger partial charge in [0.2, 0.25) is 0 Å². The molecule has 6 nitrogen and oxygen atoms in total. The van der Waals surface area contributed by atoms with Crippen molar-refractivity contribution in [1.82, 2.24) is 14.9 Å². The molecule has 162 valence electrons. The number of nitrogens with zero attached hydrogens (tertiary/aromatic N) is 3. The van der Waals surface area contributed by atoms with E-state index in [1.807, 2.05) is 17.0 Å². The zero-order chi connectivity index (χ0) is 22.3. The Labute approximate surface area is 188 Å². The number of likely N-dealkylation sites (tertiary alicyclic amines) is 1. The van der Waals surface area contributed by atoms with Crippen molar-refractivity contribution >= 4 is 55.5 Å². The van der Waals surface area contributed by atoms with Gasteiger partial charge in [0.1, 0.15) is 0 Å². The third-order valence-electron chi connectivity index (χ3n) is 5.39. The molecular formula is C22H24FN3O3SSn. The van der Waals surface area contributed by atoms with Crippen molar-refractivity contribution < 1.29 is 18.7 Å². The molecule has 0 unspecified atom stereocenters. The Morgan fingerprint density at radius 1 is 1.19 bits per heavy atom. The van der Waals surface area contributed by atoms with Crippen LogP contribution >= 0.6 is 11.3 Å². The number of thiazole rings is 1. The first-order chi connectivity index (χ1) is 14.7. The average Bonchev–Trinajstić information content (AvgIpc) is 3.12. The Morgan fingerprint density at radius 2 is 1.94 bits per heavy atom. The second kappa shape index (κ2) is 8.55. The number of methoxy groups -OCH3 is 1. The van der Waals surface area contributed by atoms with E-state index in [0.29, 0.717) is 25.2 Å². The molecular weight excluding hydrogens is 524 g/mol. The molecule has 31 heavy (non-hydrogen) atoms. The SMILES string of the molecule is COC(=O)C1CN(Cc2ccc(C(=O)c3nc4cc[c]([Sn]([CH3])([CH3])[CH3])nc4s3)c(F)c2)C1. The summed E-state index contributed by atoms with van der Waals surface area (Å²) in [6.07, 6.45) is 0. The number of rotatable bonds is 6. The molecule has 0 amide bonds. The van der Waals surface area contributed by atoms with E-state index in [9.17, 15) is 14.0 Å². The van der Waals surface area contributed by atoms with E-state index in [1.54, 1.807) is 6.07 Å². The summed E-state index contributed by atoms with van der Waals surface area (Å²) in [6, 6.07) is 8.56. The number of carbonyl (C=O) groups is 2. The molecule has 0 atom stereocenters. The first-order valence-electron chi connectivity index (χ1n) is 10.1. The zero-order valence-electron chi connectivity index (χ0n) is 17.9. The number of hydrogen-bond donors (Lipinski definition) is 0. The summed E-state index contributed by atoms with van der Waals surface area (Å²) in [7, 11) is 1.38. The fourth-order valence-corrected chi connectivity index (χ4v) is 7.63. The van der Waals surface area contributed by atoms with Gasteiger partial charge in [-0.1, -0.05) is 0 Å². The molecule has 1 fully saturated rings. The molecule has 3 aromatic rings. The number of benzene rings is 1. The predicted molar refractivity (Wildman–Crippen MR) is 121 cm³/mol. The first kappa shape index (κ1) is 22.3. The van der Waals surface area contributed by atoms with Crippen molar-refractivity contribution in [3.8, 4) is 0 Å². The number of ketones is 1. The molecule has 0 aliphatic carbocycles. The third-order valence-corrected chi connectivity index (χ3v) is 11.5. The maximum atomic E-state index is 14.8. The standard InChI is InChI=1S/C19H15FN3O3S.3CH3.Sn/c1-26-19(25)12-9-23(10-12)8-11-4-5-13(14(20)7-11)16(24)18-22-15-3-2-6-21-17(15)27-18;;;;/h2-5,7,12H,8-10H2,1H3;3*1H3;. The minimum atomic E-state index is -2.33. The van der Waals surface area contributed by atoms with Gasteiger partial charge >= 0.3 is 153 Å². The Kier molecular flexibility index (Phi) is 6.15. The van der Waals surface area contributed by atoms with Crippen LogP contribution in [0.5, 0.6) is 0 Å². The maximum Gasteiger partial charge on any atom is 0.0131 e. The molecule has 3 heterocycles. The van der Waals surface area contributed by atoms with Gasteiger partial charge in [-0.05, 0) is 0 Å². The van der Waals surface area contributed by atoms with Crippen molar-refractivity contribution in [2.45, 2.75) is 21.4 Å². The molecule has 1 aliphatic heterocycles. The molecule has 0 N–H and O–H groups in total. The summed E-state index contributed by atoms with van der Waals surface area (Å²) in [5, 5.41) is 0.249. The summed E-state index contributed by atoms with van der Waals surface area (Å²) >= 11 is -1.12. The van der Waals surface area contributed by atoms with Crippen LogP contribution in [0, 0.1) is 11.7 Å². The van der Waals surface area contributed by atoms with Crippen LogP contribution in [0.1, 0.15) is 20.9 Å². The molecule has 1 aliphatic rings. The van der Waals surface area contributed by atoms with Crippen LogP contribution in [0.3, 0.4) is 0 Å².